The zero-order valence-corrected chi connectivity index (χ0v) is 11.0. The van der Waals surface area contributed by atoms with Gasteiger partial charge in [0.25, 0.3) is 5.91 Å². The summed E-state index contributed by atoms with van der Waals surface area (Å²) in [6, 6.07) is 4.14. The van der Waals surface area contributed by atoms with Crippen molar-refractivity contribution in [2.24, 2.45) is 0 Å². The molecule has 4 nitrogen and oxygen atoms in total. The normalized spacial score (nSPS) is 21.2. The monoisotopic (exact) mass is 277 g/mol. The van der Waals surface area contributed by atoms with Crippen molar-refractivity contribution in [3.8, 4) is 5.75 Å². The van der Waals surface area contributed by atoms with Gasteiger partial charge in [-0.1, -0.05) is 0 Å². The highest BCUT2D eigenvalue weighted by molar-refractivity contribution is 5.99. The van der Waals surface area contributed by atoms with Crippen molar-refractivity contribution in [3.05, 3.63) is 35.2 Å². The van der Waals surface area contributed by atoms with E-state index in [0.29, 0.717) is 23.4 Å². The van der Waals surface area contributed by atoms with Crippen molar-refractivity contribution in [2.75, 3.05) is 19.8 Å². The van der Waals surface area contributed by atoms with E-state index in [-0.39, 0.29) is 31.0 Å². The fourth-order valence-corrected chi connectivity index (χ4v) is 2.75. The van der Waals surface area contributed by atoms with E-state index in [9.17, 15) is 14.3 Å². The minimum absolute atomic E-state index is 0.0227. The minimum atomic E-state index is -0.355. The van der Waals surface area contributed by atoms with Crippen molar-refractivity contribution in [1.29, 1.82) is 0 Å². The first kappa shape index (κ1) is 13.1. The van der Waals surface area contributed by atoms with E-state index in [1.165, 1.54) is 12.1 Å². The molecule has 3 rings (SSSR count). The molecule has 5 heteroatoms. The van der Waals surface area contributed by atoms with Gasteiger partial charge in [-0.15, -0.1) is 0 Å². The molecule has 0 aliphatic carbocycles. The second-order valence-corrected chi connectivity index (χ2v) is 5.12. The molecule has 0 spiro atoms. The van der Waals surface area contributed by atoms with Crippen LogP contribution in [0.5, 0.6) is 5.75 Å². The molecule has 2 aliphatic rings. The molecule has 0 radical (unpaired) electrons. The van der Waals surface area contributed by atoms with E-state index in [0.717, 1.165) is 12.8 Å². The van der Waals surface area contributed by atoms with Crippen LogP contribution in [0.15, 0.2) is 23.8 Å². The van der Waals surface area contributed by atoms with Crippen LogP contribution >= 0.6 is 0 Å². The van der Waals surface area contributed by atoms with Crippen LogP contribution in [-0.2, 0) is 4.79 Å². The van der Waals surface area contributed by atoms with Crippen molar-refractivity contribution in [1.82, 2.24) is 4.90 Å². The number of ether oxygens (including phenoxy) is 1. The van der Waals surface area contributed by atoms with Crippen LogP contribution in [0.25, 0.3) is 6.08 Å². The Balaban J connectivity index is 1.86. The summed E-state index contributed by atoms with van der Waals surface area (Å²) in [6.07, 6.45) is 3.40. The summed E-state index contributed by atoms with van der Waals surface area (Å²) in [7, 11) is 0. The molecule has 1 aromatic carbocycles. The maximum Gasteiger partial charge on any atom is 0.253 e. The zero-order valence-electron chi connectivity index (χ0n) is 11.0. The topological polar surface area (TPSA) is 49.8 Å². The van der Waals surface area contributed by atoms with Crippen LogP contribution in [0.2, 0.25) is 0 Å². The lowest BCUT2D eigenvalue weighted by Crippen LogP contribution is -2.39. The van der Waals surface area contributed by atoms with E-state index in [1.54, 1.807) is 17.0 Å². The van der Waals surface area contributed by atoms with Crippen LogP contribution in [0, 0.1) is 5.82 Å². The first-order valence-electron chi connectivity index (χ1n) is 6.74. The molecule has 0 bridgehead atoms. The van der Waals surface area contributed by atoms with Gasteiger partial charge in [-0.2, -0.15) is 0 Å². The number of likely N-dealkylation sites (tertiary alicyclic amines) is 1. The van der Waals surface area contributed by atoms with Gasteiger partial charge in [-0.25, -0.2) is 4.39 Å². The van der Waals surface area contributed by atoms with Gasteiger partial charge in [0.05, 0.1) is 18.2 Å². The van der Waals surface area contributed by atoms with Crippen molar-refractivity contribution >= 4 is 12.0 Å². The Bertz CT molecular complexity index is 570. The van der Waals surface area contributed by atoms with Gasteiger partial charge in [-0.3, -0.25) is 4.79 Å². The molecule has 20 heavy (non-hydrogen) atoms. The van der Waals surface area contributed by atoms with Crippen LogP contribution in [0.3, 0.4) is 0 Å². The van der Waals surface area contributed by atoms with Crippen molar-refractivity contribution in [3.63, 3.8) is 0 Å². The maximum absolute atomic E-state index is 13.2. The summed E-state index contributed by atoms with van der Waals surface area (Å²) in [4.78, 5) is 14.1. The highest BCUT2D eigenvalue weighted by Crippen LogP contribution is 2.29. The molecule has 106 valence electrons. The number of amides is 1. The van der Waals surface area contributed by atoms with E-state index < -0.39 is 0 Å². The number of benzene rings is 1. The summed E-state index contributed by atoms with van der Waals surface area (Å²) >= 11 is 0. The number of halogens is 1. The molecular formula is C15H16FNO3. The number of carbonyl (C=O) groups excluding carboxylic acids is 1. The molecule has 1 atom stereocenters. The van der Waals surface area contributed by atoms with E-state index in [4.69, 9.17) is 4.74 Å². The largest absolute Gasteiger partial charge is 0.488 e. The summed E-state index contributed by atoms with van der Waals surface area (Å²) in [5.74, 6) is 0.103. The Hall–Kier alpha value is -1.88. The smallest absolute Gasteiger partial charge is 0.253 e. The second-order valence-electron chi connectivity index (χ2n) is 5.12. The molecular weight excluding hydrogens is 261 g/mol. The number of aliphatic hydroxyl groups excluding tert-OH is 1. The molecule has 0 saturated carbocycles. The zero-order chi connectivity index (χ0) is 14.1. The SMILES string of the molecule is O=C(C1=Cc2cc(F)ccc2OC1)N1CCC[C@@H]1CO. The third-order valence-electron chi connectivity index (χ3n) is 3.81. The number of hydrogen-bond acceptors (Lipinski definition) is 3. The Labute approximate surface area is 116 Å². The van der Waals surface area contributed by atoms with Gasteiger partial charge < -0.3 is 14.7 Å². The quantitative estimate of drug-likeness (QED) is 0.893. The Morgan fingerprint density at radius 3 is 3.15 bits per heavy atom. The van der Waals surface area contributed by atoms with Crippen LogP contribution < -0.4 is 4.74 Å². The first-order valence-corrected chi connectivity index (χ1v) is 6.74. The first-order chi connectivity index (χ1) is 9.69. The van der Waals surface area contributed by atoms with Crippen LogP contribution in [-0.4, -0.2) is 41.7 Å². The molecule has 1 aromatic rings. The fraction of sp³-hybridized carbons (Fsp3) is 0.400. The van der Waals surface area contributed by atoms with Gasteiger partial charge in [0.2, 0.25) is 0 Å². The van der Waals surface area contributed by atoms with Crippen LogP contribution in [0.1, 0.15) is 18.4 Å². The summed E-state index contributed by atoms with van der Waals surface area (Å²) in [6.45, 7) is 0.814. The molecule has 0 unspecified atom stereocenters. The molecule has 1 fully saturated rings. The number of aliphatic hydroxyl groups is 1. The van der Waals surface area contributed by atoms with E-state index in [1.807, 2.05) is 0 Å². The number of carbonyl (C=O) groups is 1. The average Bonchev–Trinajstić information content (AvgIpc) is 2.94. The molecule has 1 amide bonds. The highest BCUT2D eigenvalue weighted by Gasteiger charge is 2.31. The predicted molar refractivity (Wildman–Crippen MR) is 71.7 cm³/mol. The molecule has 2 aliphatic heterocycles. The van der Waals surface area contributed by atoms with E-state index >= 15 is 0 Å². The number of fused-ring (bicyclic) bond motifs is 1. The molecule has 0 aromatic heterocycles. The maximum atomic E-state index is 13.2. The van der Waals surface area contributed by atoms with Crippen molar-refractivity contribution in [2.45, 2.75) is 18.9 Å². The van der Waals surface area contributed by atoms with E-state index in [2.05, 4.69) is 0 Å². The molecule has 1 N–H and O–H groups in total. The third kappa shape index (κ3) is 2.29. The number of rotatable bonds is 2. The number of hydrogen-bond donors (Lipinski definition) is 1. The summed E-state index contributed by atoms with van der Waals surface area (Å²) in [5.41, 5.74) is 1.09. The Morgan fingerprint density at radius 2 is 2.35 bits per heavy atom. The molecule has 2 heterocycles. The lowest BCUT2D eigenvalue weighted by Gasteiger charge is -2.26. The van der Waals surface area contributed by atoms with Gasteiger partial charge in [0.15, 0.2) is 0 Å². The van der Waals surface area contributed by atoms with Gasteiger partial charge in [0.1, 0.15) is 18.2 Å². The number of nitrogens with zero attached hydrogens (tertiary/aromatic N) is 1. The lowest BCUT2D eigenvalue weighted by molar-refractivity contribution is -0.128. The predicted octanol–water partition coefficient (Wildman–Crippen LogP) is 1.58. The van der Waals surface area contributed by atoms with Crippen LogP contribution in [0.4, 0.5) is 4.39 Å². The van der Waals surface area contributed by atoms with Gasteiger partial charge in [0, 0.05) is 12.1 Å². The van der Waals surface area contributed by atoms with Gasteiger partial charge >= 0.3 is 0 Å². The summed E-state index contributed by atoms with van der Waals surface area (Å²) in [5, 5.41) is 9.28. The third-order valence-corrected chi connectivity index (χ3v) is 3.81. The summed E-state index contributed by atoms with van der Waals surface area (Å²) < 4.78 is 18.7. The van der Waals surface area contributed by atoms with Gasteiger partial charge in [-0.05, 0) is 37.1 Å². The Kier molecular flexibility index (Phi) is 3.44. The standard InChI is InChI=1S/C15H16FNO3/c16-12-3-4-14-10(7-12)6-11(9-20-14)15(19)17-5-1-2-13(17)8-18/h3-4,6-7,13,18H,1-2,5,8-9H2/t13-/m1/s1. The Morgan fingerprint density at radius 1 is 1.50 bits per heavy atom. The second kappa shape index (κ2) is 5.25. The highest BCUT2D eigenvalue weighted by atomic mass is 19.1. The average molecular weight is 277 g/mol. The molecule has 1 saturated heterocycles. The van der Waals surface area contributed by atoms with Crippen molar-refractivity contribution < 1.29 is 19.0 Å². The lowest BCUT2D eigenvalue weighted by atomic mass is 10.1. The minimum Gasteiger partial charge on any atom is -0.488 e. The fourth-order valence-electron chi connectivity index (χ4n) is 2.75.